The number of thioether (sulfide) groups is 1. The van der Waals surface area contributed by atoms with E-state index in [0.29, 0.717) is 11.4 Å². The molecule has 33 heavy (non-hydrogen) atoms. The molecule has 1 saturated heterocycles. The molecule has 0 saturated carbocycles. The van der Waals surface area contributed by atoms with Gasteiger partial charge in [-0.3, -0.25) is 14.5 Å². The first-order valence-electron chi connectivity index (χ1n) is 9.84. The van der Waals surface area contributed by atoms with E-state index in [9.17, 15) is 22.4 Å². The molecule has 1 aliphatic rings. The molecule has 1 unspecified atom stereocenters. The molecular formula is C23H18FN3O4S2. The van der Waals surface area contributed by atoms with Crippen LogP contribution in [-0.4, -0.2) is 30.6 Å². The standard InChI is InChI=1S/C23H18FN3O4S2/c24-16-11-13-19(14-12-16)33(30,31)26-23-27(18-9-5-2-6-10-18)22(29)20(32-23)15-21(28)25-17-7-3-1-4-8-17/h1-14,20H,15H2,(H,25,28). The Balaban J connectivity index is 1.63. The van der Waals surface area contributed by atoms with Crippen molar-refractivity contribution >= 4 is 50.1 Å². The summed E-state index contributed by atoms with van der Waals surface area (Å²) in [6.07, 6.45) is -0.169. The number of halogens is 1. The molecule has 1 aliphatic heterocycles. The van der Waals surface area contributed by atoms with Crippen LogP contribution in [0.15, 0.2) is 94.2 Å². The van der Waals surface area contributed by atoms with Gasteiger partial charge in [0.05, 0.1) is 10.6 Å². The van der Waals surface area contributed by atoms with Crippen molar-refractivity contribution in [3.05, 3.63) is 90.7 Å². The fourth-order valence-electron chi connectivity index (χ4n) is 3.14. The van der Waals surface area contributed by atoms with Gasteiger partial charge in [-0.25, -0.2) is 4.39 Å². The molecule has 0 aromatic heterocycles. The van der Waals surface area contributed by atoms with Crippen LogP contribution in [0.3, 0.4) is 0 Å². The predicted octanol–water partition coefficient (Wildman–Crippen LogP) is 4.05. The van der Waals surface area contributed by atoms with Crippen LogP contribution in [0.5, 0.6) is 0 Å². The van der Waals surface area contributed by atoms with Crippen molar-refractivity contribution in [2.75, 3.05) is 10.2 Å². The Kier molecular flexibility index (Phi) is 6.57. The van der Waals surface area contributed by atoms with Crippen LogP contribution in [0.1, 0.15) is 6.42 Å². The van der Waals surface area contributed by atoms with Crippen LogP contribution in [0.2, 0.25) is 0 Å². The molecule has 1 atom stereocenters. The number of amides is 2. The number of hydrogen-bond acceptors (Lipinski definition) is 5. The Morgan fingerprint density at radius 2 is 1.58 bits per heavy atom. The Morgan fingerprint density at radius 1 is 0.970 bits per heavy atom. The van der Waals surface area contributed by atoms with Gasteiger partial charge in [0, 0.05) is 12.1 Å². The van der Waals surface area contributed by atoms with Gasteiger partial charge in [-0.1, -0.05) is 48.2 Å². The molecular weight excluding hydrogens is 465 g/mol. The highest BCUT2D eigenvalue weighted by Gasteiger charge is 2.41. The summed E-state index contributed by atoms with van der Waals surface area (Å²) in [7, 11) is -4.22. The number of anilines is 2. The second kappa shape index (κ2) is 9.55. The highest BCUT2D eigenvalue weighted by Crippen LogP contribution is 2.35. The number of carbonyl (C=O) groups excluding carboxylic acids is 2. The quantitative estimate of drug-likeness (QED) is 0.571. The number of para-hydroxylation sites is 2. The van der Waals surface area contributed by atoms with Crippen LogP contribution < -0.4 is 10.2 Å². The van der Waals surface area contributed by atoms with Crippen molar-refractivity contribution in [1.29, 1.82) is 0 Å². The Labute approximate surface area is 194 Å². The summed E-state index contributed by atoms with van der Waals surface area (Å²) in [6, 6.07) is 21.5. The van der Waals surface area contributed by atoms with Gasteiger partial charge in [0.25, 0.3) is 10.0 Å². The molecule has 2 amide bonds. The minimum atomic E-state index is -4.22. The van der Waals surface area contributed by atoms with E-state index in [-0.39, 0.29) is 22.4 Å². The largest absolute Gasteiger partial charge is 0.326 e. The number of hydrogen-bond donors (Lipinski definition) is 1. The third-order valence-corrected chi connectivity index (χ3v) is 7.22. The molecule has 0 aliphatic carbocycles. The zero-order valence-electron chi connectivity index (χ0n) is 17.1. The van der Waals surface area contributed by atoms with Crippen molar-refractivity contribution in [3.8, 4) is 0 Å². The number of nitrogens with one attached hydrogen (secondary N) is 1. The normalized spacial score (nSPS) is 17.4. The lowest BCUT2D eigenvalue weighted by atomic mass is 10.2. The molecule has 0 bridgehead atoms. The lowest BCUT2D eigenvalue weighted by Gasteiger charge is -2.16. The first-order valence-corrected chi connectivity index (χ1v) is 12.2. The third kappa shape index (κ3) is 5.29. The second-order valence-electron chi connectivity index (χ2n) is 7.04. The van der Waals surface area contributed by atoms with Crippen LogP contribution >= 0.6 is 11.8 Å². The van der Waals surface area contributed by atoms with Gasteiger partial charge in [-0.15, -0.1) is 4.40 Å². The smallest absolute Gasteiger partial charge is 0.284 e. The minimum absolute atomic E-state index is 0.0759. The topological polar surface area (TPSA) is 95.9 Å². The Morgan fingerprint density at radius 3 is 2.21 bits per heavy atom. The van der Waals surface area contributed by atoms with Crippen LogP contribution in [-0.2, 0) is 19.6 Å². The van der Waals surface area contributed by atoms with Gasteiger partial charge < -0.3 is 5.32 Å². The van der Waals surface area contributed by atoms with Gasteiger partial charge in [0.2, 0.25) is 11.8 Å². The van der Waals surface area contributed by atoms with Crippen LogP contribution in [0.25, 0.3) is 0 Å². The maximum absolute atomic E-state index is 13.2. The van der Waals surface area contributed by atoms with Gasteiger partial charge in [-0.2, -0.15) is 8.42 Å². The zero-order valence-corrected chi connectivity index (χ0v) is 18.7. The minimum Gasteiger partial charge on any atom is -0.326 e. The SMILES string of the molecule is O=C(CC1SC(=NS(=O)(=O)c2ccc(F)cc2)N(c2ccccc2)C1=O)Nc1ccccc1. The summed E-state index contributed by atoms with van der Waals surface area (Å²) in [4.78, 5) is 26.7. The van der Waals surface area contributed by atoms with Crippen molar-refractivity contribution < 1.29 is 22.4 Å². The van der Waals surface area contributed by atoms with Crippen LogP contribution in [0, 0.1) is 5.82 Å². The van der Waals surface area contributed by atoms with Crippen molar-refractivity contribution in [2.24, 2.45) is 4.40 Å². The van der Waals surface area contributed by atoms with E-state index in [1.165, 1.54) is 4.90 Å². The molecule has 1 N–H and O–H groups in total. The monoisotopic (exact) mass is 483 g/mol. The first kappa shape index (κ1) is 22.7. The van der Waals surface area contributed by atoms with E-state index in [1.54, 1.807) is 54.6 Å². The average molecular weight is 484 g/mol. The highest BCUT2D eigenvalue weighted by molar-refractivity contribution is 8.16. The first-order chi connectivity index (χ1) is 15.8. The van der Waals surface area contributed by atoms with E-state index < -0.39 is 27.0 Å². The van der Waals surface area contributed by atoms with Crippen molar-refractivity contribution in [2.45, 2.75) is 16.6 Å². The van der Waals surface area contributed by atoms with Gasteiger partial charge in [0.15, 0.2) is 5.17 Å². The maximum Gasteiger partial charge on any atom is 0.284 e. The van der Waals surface area contributed by atoms with Gasteiger partial charge in [0.1, 0.15) is 11.1 Å². The van der Waals surface area contributed by atoms with E-state index in [4.69, 9.17) is 0 Å². The highest BCUT2D eigenvalue weighted by atomic mass is 32.2. The molecule has 1 fully saturated rings. The average Bonchev–Trinajstić information content (AvgIpc) is 3.09. The summed E-state index contributed by atoms with van der Waals surface area (Å²) in [5.74, 6) is -1.42. The van der Waals surface area contributed by atoms with E-state index >= 15 is 0 Å². The summed E-state index contributed by atoms with van der Waals surface area (Å²) in [5, 5.41) is 1.78. The summed E-state index contributed by atoms with van der Waals surface area (Å²) >= 11 is 0.898. The van der Waals surface area contributed by atoms with Gasteiger partial charge in [-0.05, 0) is 48.5 Å². The molecule has 1 heterocycles. The fraction of sp³-hybridized carbons (Fsp3) is 0.0870. The molecule has 7 nitrogen and oxygen atoms in total. The molecule has 3 aromatic rings. The number of benzene rings is 3. The lowest BCUT2D eigenvalue weighted by Crippen LogP contribution is -2.33. The number of carbonyl (C=O) groups is 2. The number of sulfonamides is 1. The predicted molar refractivity (Wildman–Crippen MR) is 126 cm³/mol. The Bertz CT molecular complexity index is 1300. The summed E-state index contributed by atoms with van der Waals surface area (Å²) in [5.41, 5.74) is 1.01. The summed E-state index contributed by atoms with van der Waals surface area (Å²) < 4.78 is 42.7. The molecule has 168 valence electrons. The van der Waals surface area contributed by atoms with E-state index in [2.05, 4.69) is 9.71 Å². The van der Waals surface area contributed by atoms with Crippen molar-refractivity contribution in [3.63, 3.8) is 0 Å². The molecule has 10 heteroatoms. The van der Waals surface area contributed by atoms with E-state index in [0.717, 1.165) is 36.0 Å². The Hall–Kier alpha value is -3.50. The molecule has 0 radical (unpaired) electrons. The third-order valence-electron chi connectivity index (χ3n) is 4.69. The number of rotatable bonds is 6. The lowest BCUT2D eigenvalue weighted by molar-refractivity contribution is -0.121. The molecule has 3 aromatic carbocycles. The maximum atomic E-state index is 13.2. The summed E-state index contributed by atoms with van der Waals surface area (Å²) in [6.45, 7) is 0. The fourth-order valence-corrected chi connectivity index (χ4v) is 5.47. The van der Waals surface area contributed by atoms with Gasteiger partial charge >= 0.3 is 0 Å². The molecule has 0 spiro atoms. The zero-order chi connectivity index (χ0) is 23.4. The second-order valence-corrected chi connectivity index (χ2v) is 9.81. The van der Waals surface area contributed by atoms with Crippen molar-refractivity contribution in [1.82, 2.24) is 0 Å². The number of nitrogens with zero attached hydrogens (tertiary/aromatic N) is 2. The van der Waals surface area contributed by atoms with Crippen LogP contribution in [0.4, 0.5) is 15.8 Å². The molecule has 4 rings (SSSR count). The number of amidine groups is 1. The van der Waals surface area contributed by atoms with E-state index in [1.807, 2.05) is 6.07 Å².